The van der Waals surface area contributed by atoms with Crippen molar-refractivity contribution in [3.63, 3.8) is 0 Å². The van der Waals surface area contributed by atoms with Gasteiger partial charge in [-0.15, -0.1) is 11.3 Å². The lowest BCUT2D eigenvalue weighted by molar-refractivity contribution is -0.129. The second kappa shape index (κ2) is 6.99. The zero-order valence-electron chi connectivity index (χ0n) is 11.5. The maximum Gasteiger partial charge on any atom is 0.355 e. The Kier molecular flexibility index (Phi) is 5.63. The fraction of sp³-hybridized carbons (Fsp3) is 0.500. The Bertz CT molecular complexity index is 513. The van der Waals surface area contributed by atoms with Crippen LogP contribution in [0.15, 0.2) is 5.38 Å². The number of nitrogens with one attached hydrogen (secondary N) is 2. The molecule has 0 aromatic carbocycles. The van der Waals surface area contributed by atoms with E-state index in [1.54, 1.807) is 0 Å². The first-order chi connectivity index (χ1) is 9.31. The SMILES string of the molecule is CC(=O)NC(C(=O)NCc1nc(C(=O)O)cs1)C(C)C. The van der Waals surface area contributed by atoms with Gasteiger partial charge < -0.3 is 15.7 Å². The second-order valence-corrected chi connectivity index (χ2v) is 5.51. The van der Waals surface area contributed by atoms with E-state index in [1.807, 2.05) is 13.8 Å². The van der Waals surface area contributed by atoms with Crippen LogP contribution in [-0.2, 0) is 16.1 Å². The lowest BCUT2D eigenvalue weighted by Gasteiger charge is -2.20. The number of rotatable bonds is 6. The molecule has 0 saturated heterocycles. The van der Waals surface area contributed by atoms with Gasteiger partial charge >= 0.3 is 5.97 Å². The second-order valence-electron chi connectivity index (χ2n) is 4.57. The molecule has 0 aliphatic carbocycles. The van der Waals surface area contributed by atoms with E-state index >= 15 is 0 Å². The summed E-state index contributed by atoms with van der Waals surface area (Å²) in [5.74, 6) is -1.74. The number of carboxylic acid groups (broad SMARTS) is 1. The summed E-state index contributed by atoms with van der Waals surface area (Å²) in [4.78, 5) is 37.6. The van der Waals surface area contributed by atoms with Gasteiger partial charge in [0.25, 0.3) is 0 Å². The number of hydrogen-bond donors (Lipinski definition) is 3. The Morgan fingerprint density at radius 3 is 2.50 bits per heavy atom. The van der Waals surface area contributed by atoms with Crippen LogP contribution >= 0.6 is 11.3 Å². The van der Waals surface area contributed by atoms with E-state index in [1.165, 1.54) is 12.3 Å². The maximum atomic E-state index is 12.0. The molecular formula is C12H17N3O4S. The van der Waals surface area contributed by atoms with Crippen LogP contribution in [-0.4, -0.2) is 33.9 Å². The maximum absolute atomic E-state index is 12.0. The average Bonchev–Trinajstić information content (AvgIpc) is 2.81. The molecule has 1 unspecified atom stereocenters. The van der Waals surface area contributed by atoms with Crippen molar-refractivity contribution in [3.05, 3.63) is 16.1 Å². The molecule has 0 bridgehead atoms. The third-order valence-electron chi connectivity index (χ3n) is 2.49. The fourth-order valence-electron chi connectivity index (χ4n) is 1.52. The van der Waals surface area contributed by atoms with E-state index in [0.717, 1.165) is 11.3 Å². The van der Waals surface area contributed by atoms with Crippen LogP contribution < -0.4 is 10.6 Å². The largest absolute Gasteiger partial charge is 0.476 e. The minimum atomic E-state index is -1.10. The zero-order chi connectivity index (χ0) is 15.3. The van der Waals surface area contributed by atoms with Gasteiger partial charge in [0.2, 0.25) is 11.8 Å². The molecule has 0 spiro atoms. The Morgan fingerprint density at radius 1 is 1.40 bits per heavy atom. The minimum absolute atomic E-state index is 0.0403. The number of aromatic nitrogens is 1. The summed E-state index contributed by atoms with van der Waals surface area (Å²) in [7, 11) is 0. The summed E-state index contributed by atoms with van der Waals surface area (Å²) >= 11 is 1.16. The van der Waals surface area contributed by atoms with Crippen LogP contribution in [0.25, 0.3) is 0 Å². The molecule has 0 saturated carbocycles. The molecule has 0 radical (unpaired) electrons. The number of hydrogen-bond acceptors (Lipinski definition) is 5. The lowest BCUT2D eigenvalue weighted by atomic mass is 10.0. The summed E-state index contributed by atoms with van der Waals surface area (Å²) in [5, 5.41) is 15.9. The normalized spacial score (nSPS) is 12.0. The smallest absolute Gasteiger partial charge is 0.355 e. The molecule has 0 aliphatic heterocycles. The van der Waals surface area contributed by atoms with Crippen LogP contribution in [0.1, 0.15) is 36.3 Å². The third kappa shape index (κ3) is 4.61. The number of aromatic carboxylic acids is 1. The molecular weight excluding hydrogens is 282 g/mol. The van der Waals surface area contributed by atoms with Crippen molar-refractivity contribution in [2.45, 2.75) is 33.4 Å². The Hall–Kier alpha value is -1.96. The number of thiazole rings is 1. The molecule has 2 amide bonds. The van der Waals surface area contributed by atoms with Crippen molar-refractivity contribution in [1.29, 1.82) is 0 Å². The molecule has 110 valence electrons. The number of nitrogens with zero attached hydrogens (tertiary/aromatic N) is 1. The Labute approximate surface area is 120 Å². The van der Waals surface area contributed by atoms with Gasteiger partial charge in [0.15, 0.2) is 5.69 Å². The monoisotopic (exact) mass is 299 g/mol. The van der Waals surface area contributed by atoms with E-state index in [4.69, 9.17) is 5.11 Å². The molecule has 1 heterocycles. The molecule has 0 fully saturated rings. The highest BCUT2D eigenvalue weighted by Gasteiger charge is 2.22. The van der Waals surface area contributed by atoms with Gasteiger partial charge in [-0.3, -0.25) is 9.59 Å². The van der Waals surface area contributed by atoms with Crippen LogP contribution in [0.3, 0.4) is 0 Å². The highest BCUT2D eigenvalue weighted by Crippen LogP contribution is 2.10. The van der Waals surface area contributed by atoms with Gasteiger partial charge in [-0.2, -0.15) is 0 Å². The fourth-order valence-corrected chi connectivity index (χ4v) is 2.22. The average molecular weight is 299 g/mol. The van der Waals surface area contributed by atoms with Crippen molar-refractivity contribution in [1.82, 2.24) is 15.6 Å². The topological polar surface area (TPSA) is 108 Å². The quantitative estimate of drug-likeness (QED) is 0.713. The molecule has 20 heavy (non-hydrogen) atoms. The van der Waals surface area contributed by atoms with Crippen molar-refractivity contribution in [3.8, 4) is 0 Å². The standard InChI is InChI=1S/C12H17N3O4S/c1-6(2)10(14-7(3)16)11(17)13-4-9-15-8(5-20-9)12(18)19/h5-6,10H,4H2,1-3H3,(H,13,17)(H,14,16)(H,18,19). The molecule has 1 atom stereocenters. The van der Waals surface area contributed by atoms with Crippen molar-refractivity contribution < 1.29 is 19.5 Å². The summed E-state index contributed by atoms with van der Waals surface area (Å²) in [6.07, 6.45) is 0. The lowest BCUT2D eigenvalue weighted by Crippen LogP contribution is -2.48. The summed E-state index contributed by atoms with van der Waals surface area (Å²) in [6, 6.07) is -0.619. The molecule has 3 N–H and O–H groups in total. The predicted molar refractivity (Wildman–Crippen MR) is 73.4 cm³/mol. The van der Waals surface area contributed by atoms with Crippen LogP contribution in [0.5, 0.6) is 0 Å². The zero-order valence-corrected chi connectivity index (χ0v) is 12.3. The van der Waals surface area contributed by atoms with Gasteiger partial charge in [0.1, 0.15) is 11.0 Å². The number of carboxylic acids is 1. The van der Waals surface area contributed by atoms with Gasteiger partial charge in [-0.25, -0.2) is 9.78 Å². The minimum Gasteiger partial charge on any atom is -0.476 e. The van der Waals surface area contributed by atoms with Crippen LogP contribution in [0.4, 0.5) is 0 Å². The summed E-state index contributed by atoms with van der Waals surface area (Å²) in [6.45, 7) is 5.14. The van der Waals surface area contributed by atoms with E-state index < -0.39 is 12.0 Å². The summed E-state index contributed by atoms with van der Waals surface area (Å²) < 4.78 is 0. The number of amides is 2. The number of carbonyl (C=O) groups is 3. The van der Waals surface area contributed by atoms with E-state index in [2.05, 4.69) is 15.6 Å². The van der Waals surface area contributed by atoms with Gasteiger partial charge in [-0.1, -0.05) is 13.8 Å². The molecule has 1 aromatic heterocycles. The van der Waals surface area contributed by atoms with Gasteiger partial charge in [-0.05, 0) is 5.92 Å². The molecule has 1 aromatic rings. The highest BCUT2D eigenvalue weighted by molar-refractivity contribution is 7.09. The first-order valence-electron chi connectivity index (χ1n) is 6.03. The van der Waals surface area contributed by atoms with E-state index in [9.17, 15) is 14.4 Å². The van der Waals surface area contributed by atoms with Gasteiger partial charge in [0, 0.05) is 12.3 Å². The third-order valence-corrected chi connectivity index (χ3v) is 3.34. The van der Waals surface area contributed by atoms with E-state index in [0.29, 0.717) is 5.01 Å². The number of carbonyl (C=O) groups excluding carboxylic acids is 2. The molecule has 8 heteroatoms. The first-order valence-corrected chi connectivity index (χ1v) is 6.91. The van der Waals surface area contributed by atoms with Gasteiger partial charge in [0.05, 0.1) is 6.54 Å². The van der Waals surface area contributed by atoms with Crippen molar-refractivity contribution >= 4 is 29.1 Å². The van der Waals surface area contributed by atoms with Crippen LogP contribution in [0.2, 0.25) is 0 Å². The predicted octanol–water partition coefficient (Wildman–Crippen LogP) is 0.618. The summed E-state index contributed by atoms with van der Waals surface area (Å²) in [5.41, 5.74) is -0.0403. The van der Waals surface area contributed by atoms with Crippen molar-refractivity contribution in [2.24, 2.45) is 5.92 Å². The Balaban J connectivity index is 2.59. The highest BCUT2D eigenvalue weighted by atomic mass is 32.1. The molecule has 7 nitrogen and oxygen atoms in total. The molecule has 1 rings (SSSR count). The molecule has 0 aliphatic rings. The van der Waals surface area contributed by atoms with E-state index in [-0.39, 0.29) is 30.0 Å². The van der Waals surface area contributed by atoms with Crippen LogP contribution in [0, 0.1) is 5.92 Å². The Morgan fingerprint density at radius 2 is 2.05 bits per heavy atom. The first kappa shape index (κ1) is 16.1. The van der Waals surface area contributed by atoms with Crippen molar-refractivity contribution in [2.75, 3.05) is 0 Å².